The van der Waals surface area contributed by atoms with Crippen LogP contribution in [-0.2, 0) is 9.53 Å². The molecule has 0 aromatic carbocycles. The van der Waals surface area contributed by atoms with Crippen molar-refractivity contribution in [3.05, 3.63) is 0 Å². The van der Waals surface area contributed by atoms with Crippen molar-refractivity contribution >= 4 is 5.91 Å². The summed E-state index contributed by atoms with van der Waals surface area (Å²) in [7, 11) is 0. The molecular formula is C14H28N2O2. The van der Waals surface area contributed by atoms with Gasteiger partial charge in [-0.2, -0.15) is 0 Å². The Hall–Kier alpha value is -0.610. The average Bonchev–Trinajstić information content (AvgIpc) is 2.37. The molecule has 1 saturated carbocycles. The zero-order chi connectivity index (χ0) is 13.2. The molecule has 106 valence electrons. The van der Waals surface area contributed by atoms with E-state index in [1.54, 1.807) is 0 Å². The number of nitrogens with one attached hydrogen (secondary N) is 2. The van der Waals surface area contributed by atoms with Gasteiger partial charge in [-0.05, 0) is 31.7 Å². The van der Waals surface area contributed by atoms with E-state index in [2.05, 4.69) is 24.5 Å². The third kappa shape index (κ3) is 6.36. The highest BCUT2D eigenvalue weighted by atomic mass is 16.5. The number of carbonyl (C=O) groups excluding carboxylic acids is 1. The van der Waals surface area contributed by atoms with Gasteiger partial charge in [0, 0.05) is 13.1 Å². The Balaban J connectivity index is 2.02. The Labute approximate surface area is 111 Å². The van der Waals surface area contributed by atoms with Crippen LogP contribution < -0.4 is 10.6 Å². The average molecular weight is 256 g/mol. The minimum atomic E-state index is 0.00562. The first kappa shape index (κ1) is 15.4. The first-order valence-corrected chi connectivity index (χ1v) is 7.33. The monoisotopic (exact) mass is 256 g/mol. The van der Waals surface area contributed by atoms with Gasteiger partial charge in [-0.3, -0.25) is 4.79 Å². The van der Waals surface area contributed by atoms with E-state index in [1.165, 1.54) is 19.3 Å². The highest BCUT2D eigenvalue weighted by Crippen LogP contribution is 2.25. The van der Waals surface area contributed by atoms with E-state index < -0.39 is 0 Å². The van der Waals surface area contributed by atoms with Crippen LogP contribution in [0.15, 0.2) is 0 Å². The summed E-state index contributed by atoms with van der Waals surface area (Å²) in [5, 5.41) is 6.12. The van der Waals surface area contributed by atoms with Crippen molar-refractivity contribution in [1.29, 1.82) is 0 Å². The van der Waals surface area contributed by atoms with Crippen molar-refractivity contribution in [3.63, 3.8) is 0 Å². The number of hydrogen-bond donors (Lipinski definition) is 2. The summed E-state index contributed by atoms with van der Waals surface area (Å²) in [6, 6.07) is 0. The van der Waals surface area contributed by atoms with Gasteiger partial charge in [0.1, 0.15) is 6.61 Å². The molecule has 0 aromatic rings. The van der Waals surface area contributed by atoms with Crippen molar-refractivity contribution in [2.45, 2.75) is 52.1 Å². The van der Waals surface area contributed by atoms with E-state index in [9.17, 15) is 4.79 Å². The third-order valence-corrected chi connectivity index (χ3v) is 3.51. The van der Waals surface area contributed by atoms with Crippen LogP contribution >= 0.6 is 0 Å². The van der Waals surface area contributed by atoms with Crippen LogP contribution in [0, 0.1) is 5.92 Å². The summed E-state index contributed by atoms with van der Waals surface area (Å²) >= 11 is 0. The molecule has 4 heteroatoms. The van der Waals surface area contributed by atoms with Gasteiger partial charge >= 0.3 is 0 Å². The summed E-state index contributed by atoms with van der Waals surface area (Å²) in [5.74, 6) is 0.601. The Morgan fingerprint density at radius 3 is 2.72 bits per heavy atom. The number of carbonyl (C=O) groups is 1. The molecule has 0 heterocycles. The number of hydrogen-bond acceptors (Lipinski definition) is 3. The fourth-order valence-corrected chi connectivity index (χ4v) is 2.36. The largest absolute Gasteiger partial charge is 0.368 e. The molecule has 18 heavy (non-hydrogen) atoms. The lowest BCUT2D eigenvalue weighted by Gasteiger charge is -2.28. The Morgan fingerprint density at radius 1 is 1.22 bits per heavy atom. The first-order valence-electron chi connectivity index (χ1n) is 7.33. The van der Waals surface area contributed by atoms with E-state index in [0.29, 0.717) is 12.5 Å². The first-order chi connectivity index (χ1) is 8.74. The van der Waals surface area contributed by atoms with Crippen molar-refractivity contribution in [3.8, 4) is 0 Å². The van der Waals surface area contributed by atoms with Gasteiger partial charge in [-0.1, -0.05) is 26.7 Å². The molecule has 1 amide bonds. The second-order valence-electron chi connectivity index (χ2n) is 5.21. The molecule has 0 spiro atoms. The third-order valence-electron chi connectivity index (χ3n) is 3.51. The second-order valence-corrected chi connectivity index (χ2v) is 5.21. The summed E-state index contributed by atoms with van der Waals surface area (Å²) in [5.41, 5.74) is 0. The van der Waals surface area contributed by atoms with E-state index in [1.807, 2.05) is 0 Å². The smallest absolute Gasteiger partial charge is 0.246 e. The fourth-order valence-electron chi connectivity index (χ4n) is 2.36. The predicted octanol–water partition coefficient (Wildman–Crippen LogP) is 1.70. The van der Waals surface area contributed by atoms with Crippen molar-refractivity contribution in [1.82, 2.24) is 10.6 Å². The van der Waals surface area contributed by atoms with Crippen LogP contribution in [0.4, 0.5) is 0 Å². The zero-order valence-corrected chi connectivity index (χ0v) is 11.8. The molecule has 2 atom stereocenters. The molecule has 0 saturated heterocycles. The Kier molecular flexibility index (Phi) is 8.01. The van der Waals surface area contributed by atoms with E-state index in [-0.39, 0.29) is 18.6 Å². The molecule has 0 aromatic heterocycles. The molecule has 1 aliphatic rings. The quantitative estimate of drug-likeness (QED) is 0.650. The summed E-state index contributed by atoms with van der Waals surface area (Å²) in [6.45, 7) is 7.08. The highest BCUT2D eigenvalue weighted by molar-refractivity contribution is 5.77. The van der Waals surface area contributed by atoms with Crippen LogP contribution in [0.5, 0.6) is 0 Å². The normalized spacial score (nSPS) is 23.9. The lowest BCUT2D eigenvalue weighted by Crippen LogP contribution is -2.36. The predicted molar refractivity (Wildman–Crippen MR) is 73.5 cm³/mol. The van der Waals surface area contributed by atoms with E-state index in [4.69, 9.17) is 4.74 Å². The van der Waals surface area contributed by atoms with Crippen LogP contribution in [0.3, 0.4) is 0 Å². The molecule has 0 bridgehead atoms. The van der Waals surface area contributed by atoms with Gasteiger partial charge in [-0.15, -0.1) is 0 Å². The summed E-state index contributed by atoms with van der Waals surface area (Å²) < 4.78 is 5.70. The van der Waals surface area contributed by atoms with Crippen molar-refractivity contribution in [2.24, 2.45) is 5.92 Å². The molecular weight excluding hydrogens is 228 g/mol. The standard InChI is InChI=1S/C14H28N2O2/c1-3-8-15-9-10-16-14(17)11-18-13-7-5-4-6-12(13)2/h12-13,15H,3-11H2,1-2H3,(H,16,17). The van der Waals surface area contributed by atoms with Crippen LogP contribution in [0.1, 0.15) is 46.0 Å². The molecule has 2 unspecified atom stereocenters. The van der Waals surface area contributed by atoms with Gasteiger partial charge in [0.15, 0.2) is 0 Å². The van der Waals surface area contributed by atoms with Gasteiger partial charge in [0.25, 0.3) is 0 Å². The summed E-state index contributed by atoms with van der Waals surface area (Å²) in [4.78, 5) is 11.6. The maximum Gasteiger partial charge on any atom is 0.246 e. The minimum Gasteiger partial charge on any atom is -0.368 e. The highest BCUT2D eigenvalue weighted by Gasteiger charge is 2.22. The van der Waals surface area contributed by atoms with E-state index >= 15 is 0 Å². The lowest BCUT2D eigenvalue weighted by atomic mass is 9.88. The Bertz CT molecular complexity index is 234. The van der Waals surface area contributed by atoms with Crippen LogP contribution in [0.2, 0.25) is 0 Å². The molecule has 1 fully saturated rings. The van der Waals surface area contributed by atoms with Crippen LogP contribution in [0.25, 0.3) is 0 Å². The Morgan fingerprint density at radius 2 is 2.00 bits per heavy atom. The molecule has 0 aliphatic heterocycles. The molecule has 2 N–H and O–H groups in total. The zero-order valence-electron chi connectivity index (χ0n) is 11.8. The summed E-state index contributed by atoms with van der Waals surface area (Å²) in [6.07, 6.45) is 6.27. The topological polar surface area (TPSA) is 50.4 Å². The maximum atomic E-state index is 11.6. The van der Waals surface area contributed by atoms with Crippen molar-refractivity contribution < 1.29 is 9.53 Å². The van der Waals surface area contributed by atoms with Crippen molar-refractivity contribution in [2.75, 3.05) is 26.2 Å². The van der Waals surface area contributed by atoms with E-state index in [0.717, 1.165) is 25.9 Å². The number of rotatable bonds is 8. The fraction of sp³-hybridized carbons (Fsp3) is 0.929. The number of amides is 1. The molecule has 1 aliphatic carbocycles. The maximum absolute atomic E-state index is 11.6. The number of ether oxygens (including phenoxy) is 1. The van der Waals surface area contributed by atoms with Crippen LogP contribution in [-0.4, -0.2) is 38.3 Å². The molecule has 1 rings (SSSR count). The van der Waals surface area contributed by atoms with Gasteiger partial charge < -0.3 is 15.4 Å². The lowest BCUT2D eigenvalue weighted by molar-refractivity contribution is -0.129. The second kappa shape index (κ2) is 9.34. The van der Waals surface area contributed by atoms with Gasteiger partial charge in [-0.25, -0.2) is 0 Å². The molecule has 4 nitrogen and oxygen atoms in total. The van der Waals surface area contributed by atoms with Gasteiger partial charge in [0.05, 0.1) is 6.10 Å². The minimum absolute atomic E-state index is 0.00562. The van der Waals surface area contributed by atoms with Gasteiger partial charge in [0.2, 0.25) is 5.91 Å². The SMILES string of the molecule is CCCNCCNC(=O)COC1CCCCC1C. The molecule has 0 radical (unpaired) electrons.